The lowest BCUT2D eigenvalue weighted by Crippen LogP contribution is -2.12. The van der Waals surface area contributed by atoms with E-state index in [4.69, 9.17) is 4.74 Å². The summed E-state index contributed by atoms with van der Waals surface area (Å²) in [6, 6.07) is 0. The number of unbranched alkanes of at least 4 members (excludes halogenated alkanes) is 12. The molecule has 2 nitrogen and oxygen atoms in total. The second-order valence-corrected chi connectivity index (χ2v) is 6.75. The van der Waals surface area contributed by atoms with Crippen molar-refractivity contribution in [1.29, 1.82) is 0 Å². The van der Waals surface area contributed by atoms with Gasteiger partial charge in [-0.1, -0.05) is 96.6 Å². The molecule has 1 atom stereocenters. The average Bonchev–Trinajstić information content (AvgIpc) is 2.55. The molecule has 0 fully saturated rings. The highest BCUT2D eigenvalue weighted by Gasteiger charge is 1.97. The summed E-state index contributed by atoms with van der Waals surface area (Å²) in [4.78, 5) is 0. The van der Waals surface area contributed by atoms with Gasteiger partial charge >= 0.3 is 0 Å². The van der Waals surface area contributed by atoms with E-state index < -0.39 is 6.10 Å². The lowest BCUT2D eigenvalue weighted by atomic mass is 10.0. The van der Waals surface area contributed by atoms with Gasteiger partial charge in [-0.2, -0.15) is 0 Å². The fourth-order valence-corrected chi connectivity index (χ4v) is 2.76. The van der Waals surface area contributed by atoms with Crippen LogP contribution in [0.5, 0.6) is 0 Å². The molecule has 0 aliphatic heterocycles. The second-order valence-electron chi connectivity index (χ2n) is 6.75. The quantitative estimate of drug-likeness (QED) is 0.232. The normalized spacial score (nSPS) is 13.0. The van der Waals surface area contributed by atoms with Crippen LogP contribution in [0.25, 0.3) is 0 Å². The van der Waals surface area contributed by atoms with Gasteiger partial charge in [0.25, 0.3) is 0 Å². The molecule has 0 aromatic carbocycles. The Bertz CT molecular complexity index is 238. The largest absolute Gasteiger partial charge is 0.387 e. The number of aliphatic hydroxyl groups is 1. The van der Waals surface area contributed by atoms with E-state index in [0.29, 0.717) is 6.61 Å². The Morgan fingerprint density at radius 1 is 0.739 bits per heavy atom. The average molecular weight is 327 g/mol. The van der Waals surface area contributed by atoms with Crippen molar-refractivity contribution in [2.75, 3.05) is 13.2 Å². The lowest BCUT2D eigenvalue weighted by Gasteiger charge is -2.05. The van der Waals surface area contributed by atoms with Crippen molar-refractivity contribution < 1.29 is 9.84 Å². The minimum atomic E-state index is -0.432. The summed E-state index contributed by atoms with van der Waals surface area (Å²) in [5.74, 6) is 0. The first-order chi connectivity index (χ1) is 11.3. The zero-order valence-electron chi connectivity index (χ0n) is 15.9. The van der Waals surface area contributed by atoms with E-state index in [1.54, 1.807) is 0 Å². The van der Waals surface area contributed by atoms with Gasteiger partial charge in [0.05, 0.1) is 12.7 Å². The lowest BCUT2D eigenvalue weighted by molar-refractivity contribution is 0.0599. The molecule has 0 amide bonds. The molecule has 0 saturated carbocycles. The van der Waals surface area contributed by atoms with Crippen molar-refractivity contribution in [1.82, 2.24) is 0 Å². The predicted molar refractivity (Wildman–Crippen MR) is 102 cm³/mol. The Balaban J connectivity index is 3.15. The van der Waals surface area contributed by atoms with Gasteiger partial charge in [0.15, 0.2) is 0 Å². The van der Waals surface area contributed by atoms with E-state index in [0.717, 1.165) is 19.4 Å². The molecule has 0 radical (unpaired) electrons. The third-order valence-electron chi connectivity index (χ3n) is 4.22. The van der Waals surface area contributed by atoms with Crippen LogP contribution in [-0.4, -0.2) is 24.4 Å². The maximum absolute atomic E-state index is 9.66. The maximum Gasteiger partial charge on any atom is 0.0954 e. The van der Waals surface area contributed by atoms with Crippen molar-refractivity contribution in [2.45, 2.75) is 110 Å². The second kappa shape index (κ2) is 19.7. The van der Waals surface area contributed by atoms with Crippen LogP contribution in [0, 0.1) is 0 Å². The van der Waals surface area contributed by atoms with Crippen LogP contribution in [-0.2, 0) is 4.74 Å². The Hall–Kier alpha value is -0.340. The summed E-state index contributed by atoms with van der Waals surface area (Å²) in [7, 11) is 0. The van der Waals surface area contributed by atoms with Crippen molar-refractivity contribution in [3.05, 3.63) is 12.2 Å². The monoisotopic (exact) mass is 326 g/mol. The molecule has 0 rings (SSSR count). The van der Waals surface area contributed by atoms with Crippen LogP contribution in [0.2, 0.25) is 0 Å². The molecule has 1 N–H and O–H groups in total. The van der Waals surface area contributed by atoms with Crippen LogP contribution in [0.15, 0.2) is 12.2 Å². The molecule has 0 saturated heterocycles. The Morgan fingerprint density at radius 3 is 1.78 bits per heavy atom. The van der Waals surface area contributed by atoms with E-state index in [2.05, 4.69) is 19.9 Å². The molecule has 0 aliphatic rings. The Morgan fingerprint density at radius 2 is 1.26 bits per heavy atom. The molecule has 0 aliphatic carbocycles. The first-order valence-corrected chi connectivity index (χ1v) is 10.2. The molecule has 0 aromatic heterocycles. The van der Waals surface area contributed by atoms with Gasteiger partial charge < -0.3 is 9.84 Å². The van der Waals surface area contributed by atoms with Gasteiger partial charge in [0, 0.05) is 6.61 Å². The molecular formula is C21H42O2. The van der Waals surface area contributed by atoms with Crippen molar-refractivity contribution >= 4 is 0 Å². The maximum atomic E-state index is 9.66. The summed E-state index contributed by atoms with van der Waals surface area (Å²) in [5.41, 5.74) is 0. The molecule has 0 bridgehead atoms. The van der Waals surface area contributed by atoms with Gasteiger partial charge in [0.2, 0.25) is 0 Å². The molecular weight excluding hydrogens is 284 g/mol. The van der Waals surface area contributed by atoms with E-state index in [9.17, 15) is 5.11 Å². The number of aliphatic hydroxyl groups excluding tert-OH is 1. The van der Waals surface area contributed by atoms with Crippen LogP contribution in [0.3, 0.4) is 0 Å². The molecule has 0 heterocycles. The highest BCUT2D eigenvalue weighted by Crippen LogP contribution is 2.12. The summed E-state index contributed by atoms with van der Waals surface area (Å²) in [5, 5.41) is 9.66. The van der Waals surface area contributed by atoms with Crippen LogP contribution >= 0.6 is 0 Å². The third-order valence-corrected chi connectivity index (χ3v) is 4.22. The number of hydrogen-bond donors (Lipinski definition) is 1. The summed E-state index contributed by atoms with van der Waals surface area (Å²) in [6.07, 6.45) is 22.3. The van der Waals surface area contributed by atoms with Gasteiger partial charge in [-0.25, -0.2) is 0 Å². The fourth-order valence-electron chi connectivity index (χ4n) is 2.76. The Labute approximate surface area is 145 Å². The molecule has 0 aromatic rings. The molecule has 2 heteroatoms. The topological polar surface area (TPSA) is 29.5 Å². The third kappa shape index (κ3) is 19.6. The first-order valence-electron chi connectivity index (χ1n) is 10.2. The minimum Gasteiger partial charge on any atom is -0.387 e. The number of hydrogen-bond acceptors (Lipinski definition) is 2. The van der Waals surface area contributed by atoms with Crippen LogP contribution in [0.4, 0.5) is 0 Å². The molecule has 138 valence electrons. The standard InChI is InChI=1S/C21H42O2/c1-3-5-6-7-8-9-10-11-12-13-14-15-16-17-18-21(22)20-23-19-4-2/h17-18,21-22H,3-16,19-20H2,1-2H3. The number of ether oxygens (including phenoxy) is 1. The van der Waals surface area contributed by atoms with E-state index in [1.165, 1.54) is 77.0 Å². The zero-order valence-corrected chi connectivity index (χ0v) is 15.9. The smallest absolute Gasteiger partial charge is 0.0954 e. The molecule has 23 heavy (non-hydrogen) atoms. The molecule has 1 unspecified atom stereocenters. The summed E-state index contributed by atoms with van der Waals surface area (Å²) < 4.78 is 5.31. The number of rotatable bonds is 18. The Kier molecular flexibility index (Phi) is 19.4. The van der Waals surface area contributed by atoms with Gasteiger partial charge in [0.1, 0.15) is 0 Å². The predicted octanol–water partition coefficient (Wildman–Crippen LogP) is 6.42. The number of allylic oxidation sites excluding steroid dienone is 1. The van der Waals surface area contributed by atoms with Gasteiger partial charge in [-0.3, -0.25) is 0 Å². The van der Waals surface area contributed by atoms with Crippen molar-refractivity contribution in [2.24, 2.45) is 0 Å². The SMILES string of the molecule is CCCCCCCCCCCCCCC=CC(O)COCCC. The zero-order chi connectivity index (χ0) is 17.0. The van der Waals surface area contributed by atoms with E-state index in [-0.39, 0.29) is 0 Å². The van der Waals surface area contributed by atoms with Crippen molar-refractivity contribution in [3.63, 3.8) is 0 Å². The summed E-state index contributed by atoms with van der Waals surface area (Å²) in [6.45, 7) is 5.53. The highest BCUT2D eigenvalue weighted by atomic mass is 16.5. The highest BCUT2D eigenvalue weighted by molar-refractivity contribution is 4.88. The fraction of sp³-hybridized carbons (Fsp3) is 0.905. The van der Waals surface area contributed by atoms with E-state index >= 15 is 0 Å². The van der Waals surface area contributed by atoms with Crippen molar-refractivity contribution in [3.8, 4) is 0 Å². The van der Waals surface area contributed by atoms with Gasteiger partial charge in [-0.05, 0) is 19.3 Å². The van der Waals surface area contributed by atoms with Gasteiger partial charge in [-0.15, -0.1) is 0 Å². The summed E-state index contributed by atoms with van der Waals surface area (Å²) >= 11 is 0. The van der Waals surface area contributed by atoms with Crippen LogP contribution < -0.4 is 0 Å². The van der Waals surface area contributed by atoms with E-state index in [1.807, 2.05) is 6.08 Å². The minimum absolute atomic E-state index is 0.432. The first kappa shape index (κ1) is 22.7. The van der Waals surface area contributed by atoms with Crippen LogP contribution in [0.1, 0.15) is 104 Å². The molecule has 0 spiro atoms.